The first kappa shape index (κ1) is 7.51. The van der Waals surface area contributed by atoms with Crippen molar-refractivity contribution in [3.63, 3.8) is 0 Å². The van der Waals surface area contributed by atoms with Gasteiger partial charge in [-0.1, -0.05) is 11.6 Å². The van der Waals surface area contributed by atoms with E-state index in [0.29, 0.717) is 10.6 Å². The van der Waals surface area contributed by atoms with Gasteiger partial charge < -0.3 is 5.73 Å². The van der Waals surface area contributed by atoms with E-state index in [9.17, 15) is 4.39 Å². The van der Waals surface area contributed by atoms with Crippen LogP contribution >= 0.6 is 11.6 Å². The van der Waals surface area contributed by atoms with Crippen molar-refractivity contribution in [3.8, 4) is 0 Å². The van der Waals surface area contributed by atoms with Crippen LogP contribution in [0.3, 0.4) is 0 Å². The van der Waals surface area contributed by atoms with Crippen LogP contribution in [0.25, 0.3) is 0 Å². The molecule has 0 aliphatic rings. The SMILES string of the molecule is NCc1cc(Cl)c[c]c1F. The molecule has 1 nitrogen and oxygen atoms in total. The van der Waals surface area contributed by atoms with E-state index >= 15 is 0 Å². The van der Waals surface area contributed by atoms with E-state index < -0.39 is 5.82 Å². The summed E-state index contributed by atoms with van der Waals surface area (Å²) in [7, 11) is 0. The molecule has 0 saturated heterocycles. The van der Waals surface area contributed by atoms with Gasteiger partial charge in [-0.3, -0.25) is 0 Å². The largest absolute Gasteiger partial charge is 0.326 e. The van der Waals surface area contributed by atoms with Gasteiger partial charge in [0.25, 0.3) is 0 Å². The van der Waals surface area contributed by atoms with Crippen molar-refractivity contribution in [2.45, 2.75) is 6.54 Å². The molecule has 1 aromatic rings. The summed E-state index contributed by atoms with van der Waals surface area (Å²) in [5.41, 5.74) is 5.60. The molecule has 0 spiro atoms. The highest BCUT2D eigenvalue weighted by molar-refractivity contribution is 6.30. The molecule has 0 aromatic heterocycles. The summed E-state index contributed by atoms with van der Waals surface area (Å²) in [5, 5.41) is 0.460. The molecule has 0 heterocycles. The van der Waals surface area contributed by atoms with Crippen LogP contribution in [0.4, 0.5) is 4.39 Å². The molecule has 1 radical (unpaired) electrons. The highest BCUT2D eigenvalue weighted by Crippen LogP contribution is 2.13. The highest BCUT2D eigenvalue weighted by Gasteiger charge is 1.99. The molecule has 0 saturated carbocycles. The molecular formula is C7H6ClFN. The zero-order valence-electron chi connectivity index (χ0n) is 5.20. The number of hydrogen-bond acceptors (Lipinski definition) is 1. The summed E-state index contributed by atoms with van der Waals surface area (Å²) in [5.74, 6) is -0.424. The quantitative estimate of drug-likeness (QED) is 0.662. The third-order valence-corrected chi connectivity index (χ3v) is 1.37. The Morgan fingerprint density at radius 1 is 1.70 bits per heavy atom. The third-order valence-electron chi connectivity index (χ3n) is 1.15. The van der Waals surface area contributed by atoms with E-state index in [0.717, 1.165) is 0 Å². The maximum Gasteiger partial charge on any atom is 0.135 e. The molecule has 3 heteroatoms. The average molecular weight is 159 g/mol. The fourth-order valence-corrected chi connectivity index (χ4v) is 0.831. The molecule has 0 aliphatic carbocycles. The monoisotopic (exact) mass is 158 g/mol. The maximum absolute atomic E-state index is 12.6. The van der Waals surface area contributed by atoms with Crippen LogP contribution in [0, 0.1) is 11.9 Å². The predicted molar refractivity (Wildman–Crippen MR) is 38.1 cm³/mol. The minimum atomic E-state index is -0.424. The zero-order valence-corrected chi connectivity index (χ0v) is 5.95. The Morgan fingerprint density at radius 3 is 2.90 bits per heavy atom. The molecule has 2 N–H and O–H groups in total. The molecule has 10 heavy (non-hydrogen) atoms. The van der Waals surface area contributed by atoms with Crippen molar-refractivity contribution < 1.29 is 4.39 Å². The fourth-order valence-electron chi connectivity index (χ4n) is 0.645. The van der Waals surface area contributed by atoms with Gasteiger partial charge in [0.05, 0.1) is 0 Å². The van der Waals surface area contributed by atoms with Gasteiger partial charge in [-0.05, 0) is 12.1 Å². The summed E-state index contributed by atoms with van der Waals surface area (Å²) in [4.78, 5) is 0. The number of nitrogens with two attached hydrogens (primary N) is 1. The summed E-state index contributed by atoms with van der Waals surface area (Å²) in [6.45, 7) is 0.156. The van der Waals surface area contributed by atoms with E-state index in [1.54, 1.807) is 0 Å². The van der Waals surface area contributed by atoms with Crippen molar-refractivity contribution in [1.82, 2.24) is 0 Å². The lowest BCUT2D eigenvalue weighted by molar-refractivity contribution is 0.608. The minimum absolute atomic E-state index is 0.156. The molecule has 0 aliphatic heterocycles. The molecule has 1 rings (SSSR count). The number of rotatable bonds is 1. The number of halogens is 2. The van der Waals surface area contributed by atoms with Crippen molar-refractivity contribution in [2.75, 3.05) is 0 Å². The third kappa shape index (κ3) is 1.46. The Labute approximate surface area is 63.6 Å². The Morgan fingerprint density at radius 2 is 2.40 bits per heavy atom. The Hall–Kier alpha value is -0.600. The Bertz CT molecular complexity index is 237. The van der Waals surface area contributed by atoms with Gasteiger partial charge in [0, 0.05) is 23.2 Å². The van der Waals surface area contributed by atoms with Crippen LogP contribution < -0.4 is 5.73 Å². The molecule has 1 aromatic carbocycles. The summed E-state index contributed by atoms with van der Waals surface area (Å²) in [6, 6.07) is 5.20. The molecule has 0 fully saturated rings. The van der Waals surface area contributed by atoms with Crippen LogP contribution in [0.1, 0.15) is 5.56 Å². The second kappa shape index (κ2) is 2.99. The lowest BCUT2D eigenvalue weighted by Gasteiger charge is -1.97. The molecule has 0 atom stereocenters. The Kier molecular flexibility index (Phi) is 2.25. The van der Waals surface area contributed by atoms with E-state index in [2.05, 4.69) is 6.07 Å². The van der Waals surface area contributed by atoms with E-state index in [1.807, 2.05) is 0 Å². The van der Waals surface area contributed by atoms with E-state index in [4.69, 9.17) is 17.3 Å². The Balaban J connectivity index is 3.09. The van der Waals surface area contributed by atoms with Gasteiger partial charge in [-0.25, -0.2) is 4.39 Å². The summed E-state index contributed by atoms with van der Waals surface area (Å²) in [6.07, 6.45) is 0. The van der Waals surface area contributed by atoms with Gasteiger partial charge in [0.2, 0.25) is 0 Å². The van der Waals surface area contributed by atoms with Crippen molar-refractivity contribution in [3.05, 3.63) is 34.6 Å². The first-order chi connectivity index (χ1) is 4.74. The standard InChI is InChI=1S/C7H6ClFN/c8-6-1-2-7(9)5(3-6)4-10/h1,3H,4,10H2. The van der Waals surface area contributed by atoms with Crippen LogP contribution in [-0.2, 0) is 6.54 Å². The predicted octanol–water partition coefficient (Wildman–Crippen LogP) is 1.74. The smallest absolute Gasteiger partial charge is 0.135 e. The van der Waals surface area contributed by atoms with Gasteiger partial charge >= 0.3 is 0 Å². The van der Waals surface area contributed by atoms with Crippen LogP contribution in [-0.4, -0.2) is 0 Å². The fraction of sp³-hybridized carbons (Fsp3) is 0.143. The van der Waals surface area contributed by atoms with E-state index in [-0.39, 0.29) is 6.54 Å². The second-order valence-electron chi connectivity index (χ2n) is 1.86. The maximum atomic E-state index is 12.6. The number of benzene rings is 1. The molecule has 0 amide bonds. The van der Waals surface area contributed by atoms with Gasteiger partial charge in [0.15, 0.2) is 0 Å². The highest BCUT2D eigenvalue weighted by atomic mass is 35.5. The minimum Gasteiger partial charge on any atom is -0.326 e. The van der Waals surface area contributed by atoms with Gasteiger partial charge in [-0.2, -0.15) is 0 Å². The molecule has 0 bridgehead atoms. The average Bonchev–Trinajstić information content (AvgIpc) is 1.94. The molecule has 0 unspecified atom stereocenters. The van der Waals surface area contributed by atoms with Crippen LogP contribution in [0.5, 0.6) is 0 Å². The van der Waals surface area contributed by atoms with Gasteiger partial charge in [0.1, 0.15) is 5.82 Å². The first-order valence-corrected chi connectivity index (χ1v) is 3.17. The van der Waals surface area contributed by atoms with Crippen LogP contribution in [0.15, 0.2) is 12.1 Å². The summed E-state index contributed by atoms with van der Waals surface area (Å²) >= 11 is 5.54. The van der Waals surface area contributed by atoms with Crippen molar-refractivity contribution >= 4 is 11.6 Å². The lowest BCUT2D eigenvalue weighted by atomic mass is 10.2. The van der Waals surface area contributed by atoms with Crippen molar-refractivity contribution in [1.29, 1.82) is 0 Å². The number of hydrogen-bond donors (Lipinski definition) is 1. The van der Waals surface area contributed by atoms with Crippen LogP contribution in [0.2, 0.25) is 5.02 Å². The summed E-state index contributed by atoms with van der Waals surface area (Å²) < 4.78 is 12.6. The first-order valence-electron chi connectivity index (χ1n) is 2.79. The topological polar surface area (TPSA) is 26.0 Å². The molecular weight excluding hydrogens is 153 g/mol. The van der Waals surface area contributed by atoms with E-state index in [1.165, 1.54) is 12.1 Å². The van der Waals surface area contributed by atoms with Gasteiger partial charge in [-0.15, -0.1) is 0 Å². The van der Waals surface area contributed by atoms with Crippen molar-refractivity contribution in [2.24, 2.45) is 5.73 Å². The lowest BCUT2D eigenvalue weighted by Crippen LogP contribution is -1.99. The second-order valence-corrected chi connectivity index (χ2v) is 2.30. The zero-order chi connectivity index (χ0) is 7.56. The normalized spacial score (nSPS) is 9.90. The molecule has 53 valence electrons.